The van der Waals surface area contributed by atoms with Crippen LogP contribution >= 0.6 is 0 Å². The summed E-state index contributed by atoms with van der Waals surface area (Å²) < 4.78 is 7.10. The molecule has 0 aliphatic heterocycles. The zero-order valence-electron chi connectivity index (χ0n) is 15.9. The lowest BCUT2D eigenvalue weighted by Gasteiger charge is -2.58. The van der Waals surface area contributed by atoms with E-state index >= 15 is 0 Å². The summed E-state index contributed by atoms with van der Waals surface area (Å²) in [6, 6.07) is 7.61. The smallest absolute Gasteiger partial charge is 0.330 e. The SMILES string of the molecule is CCOC1CC(NC(=O)c2cn(-c3cccc(C)c3)nn2)(C(=O)O)C1(C)C. The van der Waals surface area contributed by atoms with E-state index in [4.69, 9.17) is 4.74 Å². The molecule has 3 rings (SSSR count). The predicted octanol–water partition coefficient (Wildman–Crippen LogP) is 1.96. The van der Waals surface area contributed by atoms with Gasteiger partial charge in [-0.25, -0.2) is 9.48 Å². The zero-order chi connectivity index (χ0) is 19.8. The van der Waals surface area contributed by atoms with Gasteiger partial charge in [-0.2, -0.15) is 0 Å². The summed E-state index contributed by atoms with van der Waals surface area (Å²) in [7, 11) is 0. The van der Waals surface area contributed by atoms with Gasteiger partial charge in [-0.15, -0.1) is 5.10 Å². The van der Waals surface area contributed by atoms with Gasteiger partial charge in [-0.3, -0.25) is 4.79 Å². The van der Waals surface area contributed by atoms with E-state index in [1.54, 1.807) is 13.8 Å². The van der Waals surface area contributed by atoms with Crippen molar-refractivity contribution in [3.63, 3.8) is 0 Å². The molecular formula is C19H24N4O4. The van der Waals surface area contributed by atoms with E-state index in [0.29, 0.717) is 6.61 Å². The Morgan fingerprint density at radius 3 is 2.74 bits per heavy atom. The van der Waals surface area contributed by atoms with E-state index in [0.717, 1.165) is 11.3 Å². The number of aliphatic carboxylic acids is 1. The number of hydrogen-bond acceptors (Lipinski definition) is 5. The maximum Gasteiger partial charge on any atom is 0.330 e. The molecular weight excluding hydrogens is 348 g/mol. The predicted molar refractivity (Wildman–Crippen MR) is 97.7 cm³/mol. The van der Waals surface area contributed by atoms with Crippen LogP contribution in [0.5, 0.6) is 0 Å². The second kappa shape index (κ2) is 6.77. The lowest BCUT2D eigenvalue weighted by molar-refractivity contribution is -0.190. The highest BCUT2D eigenvalue weighted by Gasteiger charge is 2.66. The number of carboxylic acid groups (broad SMARTS) is 1. The van der Waals surface area contributed by atoms with Gasteiger partial charge in [0.05, 0.1) is 18.0 Å². The van der Waals surface area contributed by atoms with Gasteiger partial charge in [-0.05, 0) is 31.5 Å². The molecule has 27 heavy (non-hydrogen) atoms. The van der Waals surface area contributed by atoms with Crippen LogP contribution in [-0.2, 0) is 9.53 Å². The molecule has 2 aromatic rings. The van der Waals surface area contributed by atoms with Gasteiger partial charge in [0.2, 0.25) is 0 Å². The Kier molecular flexibility index (Phi) is 4.77. The summed E-state index contributed by atoms with van der Waals surface area (Å²) in [5.41, 5.74) is -0.270. The Morgan fingerprint density at radius 1 is 1.41 bits per heavy atom. The standard InChI is InChI=1S/C19H24N4O4/c1-5-27-15-10-19(17(25)26,18(15,3)4)20-16(24)14-11-23(22-21-14)13-8-6-7-12(2)9-13/h6-9,11,15H,5,10H2,1-4H3,(H,20,24)(H,25,26). The molecule has 1 fully saturated rings. The van der Waals surface area contributed by atoms with Crippen molar-refractivity contribution in [2.45, 2.75) is 45.8 Å². The van der Waals surface area contributed by atoms with Gasteiger partial charge >= 0.3 is 5.97 Å². The van der Waals surface area contributed by atoms with Gasteiger partial charge in [0.25, 0.3) is 5.91 Å². The van der Waals surface area contributed by atoms with Crippen LogP contribution in [-0.4, -0.2) is 50.2 Å². The molecule has 0 radical (unpaired) electrons. The monoisotopic (exact) mass is 372 g/mol. The highest BCUT2D eigenvalue weighted by molar-refractivity contribution is 5.97. The fraction of sp³-hybridized carbons (Fsp3) is 0.474. The minimum absolute atomic E-state index is 0.0628. The summed E-state index contributed by atoms with van der Waals surface area (Å²) in [5, 5.41) is 20.4. The van der Waals surface area contributed by atoms with Crippen molar-refractivity contribution in [3.8, 4) is 5.69 Å². The number of carboxylic acids is 1. The number of nitrogens with zero attached hydrogens (tertiary/aromatic N) is 3. The zero-order valence-corrected chi connectivity index (χ0v) is 15.9. The van der Waals surface area contributed by atoms with E-state index in [9.17, 15) is 14.7 Å². The van der Waals surface area contributed by atoms with Gasteiger partial charge in [0.1, 0.15) is 5.54 Å². The fourth-order valence-electron chi connectivity index (χ4n) is 3.56. The molecule has 1 saturated carbocycles. The molecule has 1 aliphatic rings. The number of carbonyl (C=O) groups excluding carboxylic acids is 1. The molecule has 0 bridgehead atoms. The summed E-state index contributed by atoms with van der Waals surface area (Å²) in [6.45, 7) is 7.88. The summed E-state index contributed by atoms with van der Waals surface area (Å²) in [6.07, 6.45) is 1.47. The highest BCUT2D eigenvalue weighted by Crippen LogP contribution is 2.51. The number of hydrogen-bond donors (Lipinski definition) is 2. The highest BCUT2D eigenvalue weighted by atomic mass is 16.5. The van der Waals surface area contributed by atoms with Crippen molar-refractivity contribution in [3.05, 3.63) is 41.7 Å². The first-order chi connectivity index (χ1) is 12.7. The van der Waals surface area contributed by atoms with Crippen molar-refractivity contribution in [2.75, 3.05) is 6.61 Å². The number of carbonyl (C=O) groups is 2. The van der Waals surface area contributed by atoms with E-state index in [1.807, 2.05) is 38.1 Å². The third-order valence-corrected chi connectivity index (χ3v) is 5.45. The minimum Gasteiger partial charge on any atom is -0.479 e. The molecule has 144 valence electrons. The average molecular weight is 372 g/mol. The Hall–Kier alpha value is -2.74. The van der Waals surface area contributed by atoms with Crippen LogP contribution in [0.2, 0.25) is 0 Å². The first-order valence-corrected chi connectivity index (χ1v) is 8.88. The number of rotatable bonds is 6. The quantitative estimate of drug-likeness (QED) is 0.803. The molecule has 1 aromatic carbocycles. The molecule has 2 unspecified atom stereocenters. The van der Waals surface area contributed by atoms with Gasteiger partial charge in [-0.1, -0.05) is 31.2 Å². The lowest BCUT2D eigenvalue weighted by atomic mass is 9.54. The molecule has 8 nitrogen and oxygen atoms in total. The summed E-state index contributed by atoms with van der Waals surface area (Å²) in [4.78, 5) is 24.7. The second-order valence-corrected chi connectivity index (χ2v) is 7.42. The van der Waals surface area contributed by atoms with Crippen molar-refractivity contribution >= 4 is 11.9 Å². The first kappa shape index (κ1) is 19.0. The molecule has 1 aromatic heterocycles. The number of ether oxygens (including phenoxy) is 1. The Morgan fingerprint density at radius 2 is 2.15 bits per heavy atom. The van der Waals surface area contributed by atoms with Crippen LogP contribution in [0.1, 0.15) is 43.2 Å². The maximum absolute atomic E-state index is 12.7. The van der Waals surface area contributed by atoms with Crippen LogP contribution in [0.15, 0.2) is 30.5 Å². The largest absolute Gasteiger partial charge is 0.479 e. The molecule has 1 heterocycles. The van der Waals surface area contributed by atoms with Crippen LogP contribution < -0.4 is 5.32 Å². The molecule has 1 amide bonds. The van der Waals surface area contributed by atoms with E-state index < -0.39 is 22.8 Å². The molecule has 8 heteroatoms. The Bertz CT molecular complexity index is 876. The Labute approximate surface area is 157 Å². The summed E-state index contributed by atoms with van der Waals surface area (Å²) in [5.74, 6) is -1.65. The third-order valence-electron chi connectivity index (χ3n) is 5.45. The van der Waals surface area contributed by atoms with Crippen molar-refractivity contribution in [1.29, 1.82) is 0 Å². The fourth-order valence-corrected chi connectivity index (χ4v) is 3.56. The molecule has 2 atom stereocenters. The van der Waals surface area contributed by atoms with Crippen LogP contribution in [0.25, 0.3) is 5.69 Å². The number of benzene rings is 1. The van der Waals surface area contributed by atoms with Crippen molar-refractivity contribution in [2.24, 2.45) is 5.41 Å². The normalized spacial score (nSPS) is 23.5. The van der Waals surface area contributed by atoms with Gasteiger partial charge < -0.3 is 15.2 Å². The molecule has 2 N–H and O–H groups in total. The van der Waals surface area contributed by atoms with Crippen molar-refractivity contribution in [1.82, 2.24) is 20.3 Å². The third kappa shape index (κ3) is 3.10. The minimum atomic E-state index is -1.41. The number of nitrogens with one attached hydrogen (secondary N) is 1. The van der Waals surface area contributed by atoms with E-state index in [-0.39, 0.29) is 18.2 Å². The molecule has 0 saturated heterocycles. The van der Waals surface area contributed by atoms with Crippen molar-refractivity contribution < 1.29 is 19.4 Å². The van der Waals surface area contributed by atoms with E-state index in [1.165, 1.54) is 10.9 Å². The van der Waals surface area contributed by atoms with Crippen LogP contribution in [0.4, 0.5) is 0 Å². The number of aryl methyl sites for hydroxylation is 1. The molecule has 0 spiro atoms. The topological polar surface area (TPSA) is 106 Å². The summed E-state index contributed by atoms with van der Waals surface area (Å²) >= 11 is 0. The number of amides is 1. The molecule has 1 aliphatic carbocycles. The van der Waals surface area contributed by atoms with Gasteiger partial charge in [0.15, 0.2) is 5.69 Å². The van der Waals surface area contributed by atoms with Gasteiger partial charge in [0, 0.05) is 18.4 Å². The van der Waals surface area contributed by atoms with Crippen LogP contribution in [0.3, 0.4) is 0 Å². The number of aromatic nitrogens is 3. The van der Waals surface area contributed by atoms with Crippen LogP contribution in [0, 0.1) is 12.3 Å². The Balaban J connectivity index is 1.81. The average Bonchev–Trinajstić information content (AvgIpc) is 3.10. The maximum atomic E-state index is 12.7. The van der Waals surface area contributed by atoms with E-state index in [2.05, 4.69) is 15.6 Å². The lowest BCUT2D eigenvalue weighted by Crippen LogP contribution is -2.76. The second-order valence-electron chi connectivity index (χ2n) is 7.42. The first-order valence-electron chi connectivity index (χ1n) is 8.88.